The standard InChI is InChI=1S/C47H73NO17/c1-27-17-15-13-11-9-7-5-6-8-10-12-14-16-18-34(64-46-44(58)41(48)43(57)30(4)63-46)24-38-40(45(59)60)37(54)26-47(61,65-38)25-33(51)22-36(53)35(52)20-19-31(49)21-32(50)23-39(55)62-29(3)28(2)42(27)56/h5-18,27-38,40-44,46,49-54,56-58,61H,19-26,48H2,1-4H3,(H,59,60)/b6-5+,9-7+,10-8+,13-11+,14-12+,17-15+,18-16-/t27-,28-,29-,30?,31+,32+,33-,34-,35+,36+,37-,38-,40+,41?,42+,43?,44?,46?,47+/m0/s1. The van der Waals surface area contributed by atoms with E-state index < -0.39 is 147 Å². The first-order valence-electron chi connectivity index (χ1n) is 22.3. The molecule has 18 heteroatoms. The van der Waals surface area contributed by atoms with Crippen LogP contribution in [-0.4, -0.2) is 166 Å². The quantitative estimate of drug-likeness (QED) is 0.174. The number of carboxylic acids is 1. The predicted molar refractivity (Wildman–Crippen MR) is 237 cm³/mol. The van der Waals surface area contributed by atoms with E-state index in [-0.39, 0.29) is 31.6 Å². The van der Waals surface area contributed by atoms with Crippen molar-refractivity contribution in [3.05, 3.63) is 85.1 Å². The topological polar surface area (TPSA) is 320 Å². The van der Waals surface area contributed by atoms with Crippen molar-refractivity contribution < 1.29 is 84.7 Å². The lowest BCUT2D eigenvalue weighted by molar-refractivity contribution is -0.308. The van der Waals surface area contributed by atoms with Crippen LogP contribution >= 0.6 is 0 Å². The first kappa shape index (κ1) is 55.9. The van der Waals surface area contributed by atoms with Crippen molar-refractivity contribution in [2.24, 2.45) is 23.5 Å². The van der Waals surface area contributed by atoms with Crippen molar-refractivity contribution in [3.8, 4) is 0 Å². The van der Waals surface area contributed by atoms with E-state index in [0.717, 1.165) is 0 Å². The Morgan fingerprint density at radius 2 is 1.23 bits per heavy atom. The molecule has 0 aromatic rings. The van der Waals surface area contributed by atoms with E-state index in [9.17, 15) is 65.8 Å². The van der Waals surface area contributed by atoms with Crippen molar-refractivity contribution >= 4 is 11.9 Å². The van der Waals surface area contributed by atoms with Crippen molar-refractivity contribution in [3.63, 3.8) is 0 Å². The van der Waals surface area contributed by atoms with Crippen molar-refractivity contribution in [1.29, 1.82) is 0 Å². The lowest BCUT2D eigenvalue weighted by Gasteiger charge is -2.45. The zero-order valence-electron chi connectivity index (χ0n) is 37.6. The van der Waals surface area contributed by atoms with Crippen LogP contribution in [0.15, 0.2) is 85.1 Å². The monoisotopic (exact) mass is 923 g/mol. The fourth-order valence-corrected chi connectivity index (χ4v) is 7.97. The van der Waals surface area contributed by atoms with Gasteiger partial charge in [0.2, 0.25) is 0 Å². The molecule has 0 spiro atoms. The maximum absolute atomic E-state index is 12.6. The van der Waals surface area contributed by atoms with Crippen LogP contribution in [0.2, 0.25) is 0 Å². The fourth-order valence-electron chi connectivity index (χ4n) is 7.97. The third-order valence-corrected chi connectivity index (χ3v) is 12.0. The van der Waals surface area contributed by atoms with Crippen LogP contribution in [0, 0.1) is 17.8 Å². The van der Waals surface area contributed by atoms with Crippen LogP contribution < -0.4 is 5.73 Å². The average Bonchev–Trinajstić information content (AvgIpc) is 3.21. The summed E-state index contributed by atoms with van der Waals surface area (Å²) in [4.78, 5) is 25.1. The molecule has 3 rings (SSSR count). The molecule has 0 radical (unpaired) electrons. The maximum Gasteiger partial charge on any atom is 0.311 e. The molecule has 0 aromatic carbocycles. The van der Waals surface area contributed by atoms with E-state index in [1.807, 2.05) is 19.1 Å². The third-order valence-electron chi connectivity index (χ3n) is 12.0. The number of hydrogen-bond donors (Lipinski definition) is 12. The predicted octanol–water partition coefficient (Wildman–Crippen LogP) is 0.712. The Morgan fingerprint density at radius 1 is 0.662 bits per heavy atom. The Morgan fingerprint density at radius 3 is 1.82 bits per heavy atom. The number of allylic oxidation sites excluding steroid dienone is 12. The second kappa shape index (κ2) is 27.4. The van der Waals surface area contributed by atoms with E-state index >= 15 is 0 Å². The van der Waals surface area contributed by atoms with Crippen LogP contribution in [0.1, 0.15) is 79.1 Å². The number of rotatable bonds is 3. The summed E-state index contributed by atoms with van der Waals surface area (Å²) in [7, 11) is 0. The average molecular weight is 924 g/mol. The van der Waals surface area contributed by atoms with Gasteiger partial charge in [0.25, 0.3) is 0 Å². The van der Waals surface area contributed by atoms with E-state index in [4.69, 9.17) is 24.7 Å². The molecule has 13 N–H and O–H groups in total. The summed E-state index contributed by atoms with van der Waals surface area (Å²) in [6, 6.07) is -1.15. The number of esters is 1. The smallest absolute Gasteiger partial charge is 0.311 e. The van der Waals surface area contributed by atoms with Gasteiger partial charge in [-0.1, -0.05) is 98.9 Å². The Kier molecular flexibility index (Phi) is 23.6. The highest BCUT2D eigenvalue weighted by Gasteiger charge is 2.51. The summed E-state index contributed by atoms with van der Waals surface area (Å²) in [5.41, 5.74) is 6.02. The molecule has 18 nitrogen and oxygen atoms in total. The SMILES string of the molecule is CC1OC(O[C@H]2\C=C/C=C/C=C/C=C/C=C/C=C/C=C/[C@H](C)[C@@H](O)[C@@H](C)[C@H](C)OC(=O)C[C@H](O)C[C@H](O)CC[C@@H](O)[C@H](O)C[C@H](O)C[C@]3(O)C[C@H](O)[C@@H](C(=O)O)[C@H](C2)O3)C(O)C(N)C1O. The molecule has 2 fully saturated rings. The fraction of sp³-hybridized carbons (Fsp3) is 0.660. The molecule has 0 amide bonds. The Bertz CT molecular complexity index is 1670. The summed E-state index contributed by atoms with van der Waals surface area (Å²) in [6.45, 7) is 6.74. The van der Waals surface area contributed by atoms with Gasteiger partial charge in [0.15, 0.2) is 12.1 Å². The summed E-state index contributed by atoms with van der Waals surface area (Å²) in [5, 5.41) is 118. The second-order valence-corrected chi connectivity index (χ2v) is 17.6. The number of fused-ring (bicyclic) bond motifs is 2. The molecule has 0 aliphatic carbocycles. The molecule has 19 atom stereocenters. The normalized spacial score (nSPS) is 45.5. The van der Waals surface area contributed by atoms with Gasteiger partial charge in [-0.2, -0.15) is 0 Å². The Labute approximate surface area is 381 Å². The van der Waals surface area contributed by atoms with Crippen LogP contribution in [0.5, 0.6) is 0 Å². The highest BCUT2D eigenvalue weighted by molar-refractivity contribution is 5.71. The zero-order chi connectivity index (χ0) is 48.4. The van der Waals surface area contributed by atoms with E-state index in [1.165, 1.54) is 13.0 Å². The maximum atomic E-state index is 12.6. The number of cyclic esters (lactones) is 1. The summed E-state index contributed by atoms with van der Waals surface area (Å²) >= 11 is 0. The molecule has 3 heterocycles. The van der Waals surface area contributed by atoms with Gasteiger partial charge in [-0.05, 0) is 33.1 Å². The lowest BCUT2D eigenvalue weighted by atomic mass is 9.82. The van der Waals surface area contributed by atoms with Crippen molar-refractivity contribution in [2.45, 2.75) is 177 Å². The zero-order valence-corrected chi connectivity index (χ0v) is 37.6. The van der Waals surface area contributed by atoms with E-state index in [1.54, 1.807) is 80.7 Å². The largest absolute Gasteiger partial charge is 0.481 e. The number of carbonyl (C=O) groups is 2. The molecule has 3 aliphatic rings. The van der Waals surface area contributed by atoms with Crippen LogP contribution in [0.25, 0.3) is 0 Å². The minimum atomic E-state index is -2.33. The van der Waals surface area contributed by atoms with Gasteiger partial charge in [0, 0.05) is 37.5 Å². The van der Waals surface area contributed by atoms with Crippen LogP contribution in [-0.2, 0) is 28.5 Å². The lowest BCUT2D eigenvalue weighted by Crippen LogP contribution is -2.61. The van der Waals surface area contributed by atoms with Gasteiger partial charge in [-0.15, -0.1) is 0 Å². The number of aliphatic hydroxyl groups excluding tert-OH is 9. The Hall–Kier alpha value is -3.44. The molecule has 2 saturated heterocycles. The number of aliphatic carboxylic acids is 1. The van der Waals surface area contributed by atoms with Gasteiger partial charge in [-0.3, -0.25) is 9.59 Å². The van der Waals surface area contributed by atoms with Crippen LogP contribution in [0.3, 0.4) is 0 Å². The summed E-state index contributed by atoms with van der Waals surface area (Å²) in [6.07, 6.45) is 3.46. The first-order valence-corrected chi connectivity index (χ1v) is 22.3. The van der Waals surface area contributed by atoms with Gasteiger partial charge < -0.3 is 80.9 Å². The Balaban J connectivity index is 1.86. The number of nitrogens with two attached hydrogens (primary N) is 1. The highest BCUT2D eigenvalue weighted by Crippen LogP contribution is 2.38. The van der Waals surface area contributed by atoms with Crippen molar-refractivity contribution in [1.82, 2.24) is 0 Å². The number of aliphatic hydroxyl groups is 10. The molecular weight excluding hydrogens is 851 g/mol. The minimum absolute atomic E-state index is 0.107. The van der Waals surface area contributed by atoms with Crippen molar-refractivity contribution in [2.75, 3.05) is 0 Å². The van der Waals surface area contributed by atoms with E-state index in [2.05, 4.69) is 0 Å². The molecule has 0 aromatic heterocycles. The molecule has 65 heavy (non-hydrogen) atoms. The molecule has 368 valence electrons. The molecule has 2 bridgehead atoms. The minimum Gasteiger partial charge on any atom is -0.481 e. The van der Waals surface area contributed by atoms with Crippen LogP contribution in [0.4, 0.5) is 0 Å². The first-order chi connectivity index (χ1) is 30.6. The highest BCUT2D eigenvalue weighted by atomic mass is 16.7. The molecular formula is C47H73NO17. The third kappa shape index (κ3) is 18.6. The molecule has 3 aliphatic heterocycles. The second-order valence-electron chi connectivity index (χ2n) is 17.6. The van der Waals surface area contributed by atoms with Gasteiger partial charge in [-0.25, -0.2) is 0 Å². The summed E-state index contributed by atoms with van der Waals surface area (Å²) < 4.78 is 23.1. The van der Waals surface area contributed by atoms with E-state index in [0.29, 0.717) is 0 Å². The number of carboxylic acid groups (broad SMARTS) is 1. The summed E-state index contributed by atoms with van der Waals surface area (Å²) in [5.74, 6) is -6.83. The number of carbonyl (C=O) groups excluding carboxylic acids is 1. The number of ether oxygens (including phenoxy) is 4. The van der Waals surface area contributed by atoms with Gasteiger partial charge >= 0.3 is 11.9 Å². The van der Waals surface area contributed by atoms with Gasteiger partial charge in [0.05, 0.1) is 79.6 Å². The van der Waals surface area contributed by atoms with Gasteiger partial charge in [0.1, 0.15) is 18.1 Å². The molecule has 0 saturated carbocycles. The molecule has 5 unspecified atom stereocenters. The number of hydrogen-bond acceptors (Lipinski definition) is 17.